The first-order valence-corrected chi connectivity index (χ1v) is 8.11. The van der Waals surface area contributed by atoms with Crippen molar-refractivity contribution in [3.8, 4) is 0 Å². The Morgan fingerprint density at radius 3 is 2.12 bits per heavy atom. The Morgan fingerprint density at radius 1 is 1.00 bits per heavy atom. The lowest BCUT2D eigenvalue weighted by Crippen LogP contribution is -2.43. The molecule has 0 fully saturated rings. The summed E-state index contributed by atoms with van der Waals surface area (Å²) in [5.41, 5.74) is 3.73. The average Bonchev–Trinajstić information content (AvgIpc) is 2.51. The third-order valence-electron chi connectivity index (χ3n) is 3.75. The van der Waals surface area contributed by atoms with Crippen molar-refractivity contribution >= 4 is 17.5 Å². The molecule has 4 nitrogen and oxygen atoms in total. The molecule has 2 aromatic carbocycles. The van der Waals surface area contributed by atoms with Gasteiger partial charge in [0.2, 0.25) is 0 Å². The lowest BCUT2D eigenvalue weighted by molar-refractivity contribution is -0.144. The lowest BCUT2D eigenvalue weighted by Gasteiger charge is -2.26. The average molecular weight is 324 g/mol. The summed E-state index contributed by atoms with van der Waals surface area (Å²) < 4.78 is 0. The Kier molecular flexibility index (Phi) is 5.74. The van der Waals surface area contributed by atoms with E-state index >= 15 is 0 Å². The van der Waals surface area contributed by atoms with E-state index in [2.05, 4.69) is 5.32 Å². The Hall–Kier alpha value is -2.62. The van der Waals surface area contributed by atoms with E-state index < -0.39 is 11.8 Å². The third-order valence-corrected chi connectivity index (χ3v) is 3.75. The van der Waals surface area contributed by atoms with Gasteiger partial charge in [0, 0.05) is 18.3 Å². The van der Waals surface area contributed by atoms with Crippen molar-refractivity contribution in [1.29, 1.82) is 0 Å². The number of rotatable bonds is 4. The van der Waals surface area contributed by atoms with Gasteiger partial charge in [-0.05, 0) is 56.5 Å². The van der Waals surface area contributed by atoms with Crippen LogP contribution in [0.4, 0.5) is 5.69 Å². The van der Waals surface area contributed by atoms with Gasteiger partial charge in [0.1, 0.15) is 0 Å². The molecule has 2 amide bonds. The van der Waals surface area contributed by atoms with E-state index in [-0.39, 0.29) is 6.04 Å². The van der Waals surface area contributed by atoms with E-state index in [9.17, 15) is 9.59 Å². The number of nitrogens with zero attached hydrogens (tertiary/aromatic N) is 1. The largest absolute Gasteiger partial charge is 0.328 e. The minimum Gasteiger partial charge on any atom is -0.328 e. The van der Waals surface area contributed by atoms with Gasteiger partial charge >= 0.3 is 11.8 Å². The minimum atomic E-state index is -0.607. The maximum atomic E-state index is 12.6. The molecular formula is C20H24N2O2. The first-order chi connectivity index (χ1) is 11.4. The molecule has 0 atom stereocenters. The van der Waals surface area contributed by atoms with Gasteiger partial charge in [-0.1, -0.05) is 36.4 Å². The van der Waals surface area contributed by atoms with Crippen LogP contribution in [-0.2, 0) is 16.1 Å². The molecule has 0 spiro atoms. The van der Waals surface area contributed by atoms with Gasteiger partial charge in [0.25, 0.3) is 0 Å². The molecule has 2 aromatic rings. The highest BCUT2D eigenvalue weighted by molar-refractivity contribution is 6.39. The molecule has 0 aliphatic carbocycles. The number of hydrogen-bond donors (Lipinski definition) is 1. The topological polar surface area (TPSA) is 49.4 Å². The summed E-state index contributed by atoms with van der Waals surface area (Å²) in [6.07, 6.45) is 0. The second-order valence-electron chi connectivity index (χ2n) is 6.34. The monoisotopic (exact) mass is 324 g/mol. The van der Waals surface area contributed by atoms with Gasteiger partial charge in [-0.25, -0.2) is 0 Å². The molecule has 0 heterocycles. The van der Waals surface area contributed by atoms with Crippen LogP contribution >= 0.6 is 0 Å². The van der Waals surface area contributed by atoms with Gasteiger partial charge in [-0.2, -0.15) is 0 Å². The maximum absolute atomic E-state index is 12.6. The summed E-state index contributed by atoms with van der Waals surface area (Å²) in [7, 11) is 0. The summed E-state index contributed by atoms with van der Waals surface area (Å²) in [6, 6.07) is 15.3. The summed E-state index contributed by atoms with van der Waals surface area (Å²) in [5.74, 6) is -1.13. The third kappa shape index (κ3) is 4.69. The molecule has 0 aliphatic rings. The molecule has 0 saturated heterocycles. The molecule has 0 bridgehead atoms. The normalized spacial score (nSPS) is 10.5. The number of carbonyl (C=O) groups excluding carboxylic acids is 2. The van der Waals surface area contributed by atoms with Crippen LogP contribution in [-0.4, -0.2) is 22.8 Å². The molecule has 4 heteroatoms. The molecule has 0 aliphatic heterocycles. The highest BCUT2D eigenvalue weighted by Crippen LogP contribution is 2.15. The number of amides is 2. The van der Waals surface area contributed by atoms with Crippen LogP contribution < -0.4 is 5.32 Å². The first kappa shape index (κ1) is 17.7. The van der Waals surface area contributed by atoms with Crippen molar-refractivity contribution in [2.45, 2.75) is 40.3 Å². The quantitative estimate of drug-likeness (QED) is 0.872. The van der Waals surface area contributed by atoms with Crippen molar-refractivity contribution in [1.82, 2.24) is 4.90 Å². The minimum absolute atomic E-state index is 0.0669. The van der Waals surface area contributed by atoms with Crippen molar-refractivity contribution in [2.75, 3.05) is 5.32 Å². The van der Waals surface area contributed by atoms with Crippen molar-refractivity contribution in [3.63, 3.8) is 0 Å². The number of aryl methyl sites for hydroxylation is 2. The van der Waals surface area contributed by atoms with E-state index in [0.29, 0.717) is 12.2 Å². The predicted octanol–water partition coefficient (Wildman–Crippen LogP) is 3.68. The summed E-state index contributed by atoms with van der Waals surface area (Å²) >= 11 is 0. The maximum Gasteiger partial charge on any atom is 0.313 e. The standard InChI is InChI=1S/C20H24N2O2/c1-14(2)22(13-17-8-6-5-7-9-17)20(24)19(23)21-18-11-15(3)10-16(4)12-18/h5-12,14H,13H2,1-4H3,(H,21,23). The molecule has 2 rings (SSSR count). The fourth-order valence-electron chi connectivity index (χ4n) is 2.63. The highest BCUT2D eigenvalue weighted by Gasteiger charge is 2.24. The predicted molar refractivity (Wildman–Crippen MR) is 96.7 cm³/mol. The van der Waals surface area contributed by atoms with Crippen LogP contribution in [0.3, 0.4) is 0 Å². The van der Waals surface area contributed by atoms with E-state index in [4.69, 9.17) is 0 Å². The number of anilines is 1. The molecule has 24 heavy (non-hydrogen) atoms. The van der Waals surface area contributed by atoms with Crippen molar-refractivity contribution in [3.05, 3.63) is 65.2 Å². The molecule has 126 valence electrons. The smallest absolute Gasteiger partial charge is 0.313 e. The molecule has 0 unspecified atom stereocenters. The van der Waals surface area contributed by atoms with Crippen LogP contribution in [0.5, 0.6) is 0 Å². The second-order valence-corrected chi connectivity index (χ2v) is 6.34. The first-order valence-electron chi connectivity index (χ1n) is 8.11. The summed E-state index contributed by atoms with van der Waals surface area (Å²) in [6.45, 7) is 8.15. The van der Waals surface area contributed by atoms with Gasteiger partial charge in [-0.3, -0.25) is 9.59 Å². The van der Waals surface area contributed by atoms with Crippen molar-refractivity contribution in [2.24, 2.45) is 0 Å². The van der Waals surface area contributed by atoms with E-state index in [0.717, 1.165) is 16.7 Å². The van der Waals surface area contributed by atoms with E-state index in [1.807, 2.05) is 76.2 Å². The molecule has 1 N–H and O–H groups in total. The number of carbonyl (C=O) groups is 2. The fourth-order valence-corrected chi connectivity index (χ4v) is 2.63. The van der Waals surface area contributed by atoms with Crippen LogP contribution in [0, 0.1) is 13.8 Å². The van der Waals surface area contributed by atoms with Crippen molar-refractivity contribution < 1.29 is 9.59 Å². The Morgan fingerprint density at radius 2 is 1.58 bits per heavy atom. The highest BCUT2D eigenvalue weighted by atomic mass is 16.2. The molecule has 0 radical (unpaired) electrons. The molecule has 0 aromatic heterocycles. The number of benzene rings is 2. The van der Waals surface area contributed by atoms with E-state index in [1.54, 1.807) is 4.90 Å². The van der Waals surface area contributed by atoms with Gasteiger partial charge in [0.15, 0.2) is 0 Å². The zero-order valence-corrected chi connectivity index (χ0v) is 14.7. The number of hydrogen-bond acceptors (Lipinski definition) is 2. The van der Waals surface area contributed by atoms with Crippen LogP contribution in [0.15, 0.2) is 48.5 Å². The van der Waals surface area contributed by atoms with Gasteiger partial charge in [-0.15, -0.1) is 0 Å². The van der Waals surface area contributed by atoms with Gasteiger partial charge < -0.3 is 10.2 Å². The van der Waals surface area contributed by atoms with Gasteiger partial charge in [0.05, 0.1) is 0 Å². The molecular weight excluding hydrogens is 300 g/mol. The fraction of sp³-hybridized carbons (Fsp3) is 0.300. The number of nitrogens with one attached hydrogen (secondary N) is 1. The van der Waals surface area contributed by atoms with Crippen LogP contribution in [0.1, 0.15) is 30.5 Å². The van der Waals surface area contributed by atoms with Crippen LogP contribution in [0.25, 0.3) is 0 Å². The molecule has 0 saturated carbocycles. The zero-order chi connectivity index (χ0) is 17.7. The summed E-state index contributed by atoms with van der Waals surface area (Å²) in [4.78, 5) is 26.5. The zero-order valence-electron chi connectivity index (χ0n) is 14.7. The van der Waals surface area contributed by atoms with E-state index in [1.165, 1.54) is 0 Å². The second kappa shape index (κ2) is 7.77. The Labute approximate surface area is 143 Å². The SMILES string of the molecule is Cc1cc(C)cc(NC(=O)C(=O)N(Cc2ccccc2)C(C)C)c1. The lowest BCUT2D eigenvalue weighted by atomic mass is 10.1. The Balaban J connectivity index is 2.12. The van der Waals surface area contributed by atoms with Crippen LogP contribution in [0.2, 0.25) is 0 Å². The Bertz CT molecular complexity index is 703. The summed E-state index contributed by atoms with van der Waals surface area (Å²) in [5, 5.41) is 2.71.